The van der Waals surface area contributed by atoms with Crippen LogP contribution in [0.1, 0.15) is 17.3 Å². The van der Waals surface area contributed by atoms with Crippen LogP contribution in [-0.4, -0.2) is 30.7 Å². The van der Waals surface area contributed by atoms with Crippen molar-refractivity contribution >= 4 is 26.5 Å². The SMILES string of the molecule is CC(C(=O)c1c[nH]c2cccc(F)c12)S(C)(=O)=O. The summed E-state index contributed by atoms with van der Waals surface area (Å²) in [7, 11) is -3.50. The Balaban J connectivity index is 2.59. The maximum atomic E-state index is 13.7. The third-order valence-corrected chi connectivity index (χ3v) is 4.43. The Bertz CT molecular complexity index is 718. The molecule has 2 aromatic rings. The maximum Gasteiger partial charge on any atom is 0.182 e. The summed E-state index contributed by atoms with van der Waals surface area (Å²) >= 11 is 0. The summed E-state index contributed by atoms with van der Waals surface area (Å²) in [5.41, 5.74) is 0.542. The number of Topliss-reactive ketones (excluding diaryl/α,β-unsaturated/α-hetero) is 1. The first kappa shape index (κ1) is 12.8. The predicted octanol–water partition coefficient (Wildman–Crippen LogP) is 1.92. The average molecular weight is 269 g/mol. The number of nitrogens with one attached hydrogen (secondary N) is 1. The van der Waals surface area contributed by atoms with E-state index in [1.165, 1.54) is 25.3 Å². The number of carbonyl (C=O) groups is 1. The number of H-pyrrole nitrogens is 1. The number of carbonyl (C=O) groups excluding carboxylic acids is 1. The van der Waals surface area contributed by atoms with Crippen molar-refractivity contribution in [1.82, 2.24) is 4.98 Å². The summed E-state index contributed by atoms with van der Waals surface area (Å²) in [6.07, 6.45) is 2.33. The lowest BCUT2D eigenvalue weighted by Crippen LogP contribution is -2.26. The first-order chi connectivity index (χ1) is 8.32. The molecule has 0 aliphatic rings. The zero-order chi connectivity index (χ0) is 13.5. The highest BCUT2D eigenvalue weighted by Crippen LogP contribution is 2.23. The van der Waals surface area contributed by atoms with Crippen LogP contribution in [0, 0.1) is 5.82 Å². The van der Waals surface area contributed by atoms with Gasteiger partial charge in [-0.15, -0.1) is 0 Å². The van der Waals surface area contributed by atoms with Crippen LogP contribution in [0.2, 0.25) is 0 Å². The fraction of sp³-hybridized carbons (Fsp3) is 0.250. The lowest BCUT2D eigenvalue weighted by Gasteiger charge is -2.07. The van der Waals surface area contributed by atoms with E-state index in [9.17, 15) is 17.6 Å². The topological polar surface area (TPSA) is 67.0 Å². The van der Waals surface area contributed by atoms with Crippen molar-refractivity contribution in [2.45, 2.75) is 12.2 Å². The molecule has 96 valence electrons. The minimum atomic E-state index is -3.50. The third kappa shape index (κ3) is 2.03. The van der Waals surface area contributed by atoms with Gasteiger partial charge < -0.3 is 4.98 Å². The largest absolute Gasteiger partial charge is 0.360 e. The van der Waals surface area contributed by atoms with Crippen molar-refractivity contribution in [3.8, 4) is 0 Å². The molecule has 18 heavy (non-hydrogen) atoms. The molecule has 1 aromatic heterocycles. The fourth-order valence-electron chi connectivity index (χ4n) is 1.75. The second-order valence-electron chi connectivity index (χ2n) is 4.20. The first-order valence-electron chi connectivity index (χ1n) is 5.31. The van der Waals surface area contributed by atoms with E-state index in [1.54, 1.807) is 6.07 Å². The van der Waals surface area contributed by atoms with Gasteiger partial charge >= 0.3 is 0 Å². The summed E-state index contributed by atoms with van der Waals surface area (Å²) in [6.45, 7) is 1.30. The number of aromatic nitrogens is 1. The molecule has 2 rings (SSSR count). The van der Waals surface area contributed by atoms with Gasteiger partial charge in [-0.25, -0.2) is 12.8 Å². The molecular formula is C12H12FNO3S. The number of hydrogen-bond donors (Lipinski definition) is 1. The Morgan fingerprint density at radius 1 is 1.39 bits per heavy atom. The Kier molecular flexibility index (Phi) is 2.98. The lowest BCUT2D eigenvalue weighted by atomic mass is 10.1. The van der Waals surface area contributed by atoms with E-state index in [4.69, 9.17) is 0 Å². The molecule has 0 amide bonds. The maximum absolute atomic E-state index is 13.7. The Morgan fingerprint density at radius 2 is 2.06 bits per heavy atom. The van der Waals surface area contributed by atoms with E-state index in [-0.39, 0.29) is 10.9 Å². The molecule has 0 saturated carbocycles. The van der Waals surface area contributed by atoms with E-state index in [0.717, 1.165) is 6.26 Å². The quantitative estimate of drug-likeness (QED) is 0.866. The molecule has 0 fully saturated rings. The Labute approximate surface area is 104 Å². The summed E-state index contributed by atoms with van der Waals surface area (Å²) in [5, 5.41) is -1.05. The number of ketones is 1. The second-order valence-corrected chi connectivity index (χ2v) is 6.57. The van der Waals surface area contributed by atoms with Gasteiger partial charge in [-0.3, -0.25) is 4.79 Å². The normalized spacial score (nSPS) is 13.7. The highest BCUT2D eigenvalue weighted by atomic mass is 32.2. The summed E-state index contributed by atoms with van der Waals surface area (Å²) in [6, 6.07) is 4.38. The second kappa shape index (κ2) is 4.20. The van der Waals surface area contributed by atoms with Crippen LogP contribution in [-0.2, 0) is 9.84 Å². The van der Waals surface area contributed by atoms with Gasteiger partial charge in [0.15, 0.2) is 15.6 Å². The van der Waals surface area contributed by atoms with Crippen LogP contribution in [0.15, 0.2) is 24.4 Å². The van der Waals surface area contributed by atoms with Crippen molar-refractivity contribution in [2.24, 2.45) is 0 Å². The molecule has 0 spiro atoms. The number of sulfone groups is 1. The van der Waals surface area contributed by atoms with Crippen LogP contribution < -0.4 is 0 Å². The molecule has 1 heterocycles. The van der Waals surface area contributed by atoms with E-state index < -0.39 is 26.7 Å². The van der Waals surface area contributed by atoms with Crippen LogP contribution in [0.5, 0.6) is 0 Å². The molecule has 0 aliphatic heterocycles. The van der Waals surface area contributed by atoms with Gasteiger partial charge in [-0.2, -0.15) is 0 Å². The van der Waals surface area contributed by atoms with Crippen molar-refractivity contribution in [3.05, 3.63) is 35.8 Å². The molecule has 0 aliphatic carbocycles. The highest BCUT2D eigenvalue weighted by Gasteiger charge is 2.27. The van der Waals surface area contributed by atoms with Crippen LogP contribution in [0.25, 0.3) is 10.9 Å². The highest BCUT2D eigenvalue weighted by molar-refractivity contribution is 7.92. The van der Waals surface area contributed by atoms with Gasteiger partial charge in [0.1, 0.15) is 11.1 Å². The van der Waals surface area contributed by atoms with Crippen LogP contribution in [0.4, 0.5) is 4.39 Å². The smallest absolute Gasteiger partial charge is 0.182 e. The number of rotatable bonds is 3. The minimum absolute atomic E-state index is 0.0704. The van der Waals surface area contributed by atoms with Gasteiger partial charge in [0.25, 0.3) is 0 Å². The van der Waals surface area contributed by atoms with E-state index >= 15 is 0 Å². The monoisotopic (exact) mass is 269 g/mol. The molecule has 1 aromatic carbocycles. The summed E-state index contributed by atoms with van der Waals surface area (Å²) < 4.78 is 36.4. The number of hydrogen-bond acceptors (Lipinski definition) is 3. The molecule has 1 atom stereocenters. The summed E-state index contributed by atoms with van der Waals surface area (Å²) in [4.78, 5) is 14.8. The van der Waals surface area contributed by atoms with Gasteiger partial charge in [-0.1, -0.05) is 6.07 Å². The van der Waals surface area contributed by atoms with E-state index in [1.807, 2.05) is 0 Å². The zero-order valence-electron chi connectivity index (χ0n) is 9.90. The van der Waals surface area contributed by atoms with Crippen molar-refractivity contribution in [1.29, 1.82) is 0 Å². The van der Waals surface area contributed by atoms with Gasteiger partial charge in [0.2, 0.25) is 0 Å². The Hall–Kier alpha value is -1.69. The number of fused-ring (bicyclic) bond motifs is 1. The van der Waals surface area contributed by atoms with Gasteiger partial charge in [0.05, 0.1) is 0 Å². The Morgan fingerprint density at radius 3 is 2.67 bits per heavy atom. The molecule has 1 unspecified atom stereocenters. The average Bonchev–Trinajstić information content (AvgIpc) is 2.71. The lowest BCUT2D eigenvalue weighted by molar-refractivity contribution is 0.0993. The molecule has 6 heteroatoms. The van der Waals surface area contributed by atoms with Gasteiger partial charge in [0, 0.05) is 28.9 Å². The molecular weight excluding hydrogens is 257 g/mol. The number of aromatic amines is 1. The number of benzene rings is 1. The first-order valence-corrected chi connectivity index (χ1v) is 7.26. The molecule has 0 bridgehead atoms. The van der Waals surface area contributed by atoms with Crippen LogP contribution in [0.3, 0.4) is 0 Å². The standard InChI is InChI=1S/C12H12FNO3S/c1-7(18(2,16)17)12(15)8-6-14-10-5-3-4-9(13)11(8)10/h3-7,14H,1-2H3. The minimum Gasteiger partial charge on any atom is -0.360 e. The van der Waals surface area contributed by atoms with Crippen molar-refractivity contribution in [3.63, 3.8) is 0 Å². The van der Waals surface area contributed by atoms with Crippen molar-refractivity contribution < 1.29 is 17.6 Å². The van der Waals surface area contributed by atoms with E-state index in [0.29, 0.717) is 5.52 Å². The predicted molar refractivity (Wildman–Crippen MR) is 66.9 cm³/mol. The molecule has 0 saturated heterocycles. The molecule has 1 N–H and O–H groups in total. The molecule has 4 nitrogen and oxygen atoms in total. The molecule has 0 radical (unpaired) electrons. The zero-order valence-corrected chi connectivity index (χ0v) is 10.7. The van der Waals surface area contributed by atoms with Gasteiger partial charge in [-0.05, 0) is 19.1 Å². The van der Waals surface area contributed by atoms with Crippen molar-refractivity contribution in [2.75, 3.05) is 6.26 Å². The van der Waals surface area contributed by atoms with Crippen LogP contribution >= 0.6 is 0 Å². The fourth-order valence-corrected chi connectivity index (χ4v) is 2.26. The summed E-state index contributed by atoms with van der Waals surface area (Å²) in [5.74, 6) is -1.15. The van der Waals surface area contributed by atoms with E-state index in [2.05, 4.69) is 4.98 Å². The number of halogens is 1. The third-order valence-electron chi connectivity index (χ3n) is 2.93.